The number of aromatic nitrogens is 2. The Hall–Kier alpha value is -2.21. The largest absolute Gasteiger partial charge is 0.479 e. The molecule has 1 saturated heterocycles. The number of hydrogen-bond acceptors (Lipinski definition) is 5. The van der Waals surface area contributed by atoms with E-state index >= 15 is 0 Å². The molecule has 0 amide bonds. The van der Waals surface area contributed by atoms with Gasteiger partial charge in [-0.3, -0.25) is 4.90 Å². The smallest absolute Gasteiger partial charge is 0.255 e. The Morgan fingerprint density at radius 3 is 2.92 bits per heavy atom. The van der Waals surface area contributed by atoms with Gasteiger partial charge in [0.1, 0.15) is 0 Å². The Morgan fingerprint density at radius 1 is 1.28 bits per heavy atom. The predicted molar refractivity (Wildman–Crippen MR) is 96.1 cm³/mol. The third-order valence-corrected chi connectivity index (χ3v) is 4.64. The van der Waals surface area contributed by atoms with Crippen molar-refractivity contribution in [2.45, 2.75) is 38.3 Å². The van der Waals surface area contributed by atoms with Gasteiger partial charge in [0.25, 0.3) is 5.88 Å². The van der Waals surface area contributed by atoms with Gasteiger partial charge < -0.3 is 10.1 Å². The van der Waals surface area contributed by atoms with Gasteiger partial charge in [-0.05, 0) is 31.4 Å². The van der Waals surface area contributed by atoms with Crippen molar-refractivity contribution in [1.82, 2.24) is 14.9 Å². The molecule has 1 N–H and O–H groups in total. The van der Waals surface area contributed by atoms with Crippen molar-refractivity contribution in [2.24, 2.45) is 0 Å². The Balaban J connectivity index is 1.53. The first kappa shape index (κ1) is 17.6. The van der Waals surface area contributed by atoms with Gasteiger partial charge in [-0.15, -0.1) is 0 Å². The van der Waals surface area contributed by atoms with E-state index < -0.39 is 5.82 Å². The topological polar surface area (TPSA) is 50.3 Å². The lowest BCUT2D eigenvalue weighted by molar-refractivity contribution is 0.135. The molecule has 0 saturated carbocycles. The average molecular weight is 344 g/mol. The zero-order chi connectivity index (χ0) is 17.5. The number of anilines is 1. The van der Waals surface area contributed by atoms with Crippen molar-refractivity contribution < 1.29 is 9.13 Å². The molecule has 134 valence electrons. The molecule has 1 atom stereocenters. The number of rotatable bonds is 7. The van der Waals surface area contributed by atoms with Crippen molar-refractivity contribution in [3.63, 3.8) is 0 Å². The highest BCUT2D eigenvalue weighted by molar-refractivity contribution is 5.28. The number of piperidine rings is 1. The molecular weight excluding hydrogens is 319 g/mol. The van der Waals surface area contributed by atoms with E-state index in [1.165, 1.54) is 31.9 Å². The van der Waals surface area contributed by atoms with Crippen LogP contribution in [0, 0.1) is 5.82 Å². The molecular formula is C19H25FN4O. The lowest BCUT2D eigenvalue weighted by atomic mass is 9.98. The van der Waals surface area contributed by atoms with E-state index in [1.807, 2.05) is 0 Å². The van der Waals surface area contributed by atoms with E-state index in [0.717, 1.165) is 32.3 Å². The quantitative estimate of drug-likeness (QED) is 0.833. The third-order valence-electron chi connectivity index (χ3n) is 4.64. The summed E-state index contributed by atoms with van der Waals surface area (Å²) in [6.07, 6.45) is 5.89. The number of halogens is 1. The fourth-order valence-corrected chi connectivity index (χ4v) is 3.34. The number of likely N-dealkylation sites (tertiary alicyclic amines) is 1. The molecule has 1 aliphatic rings. The van der Waals surface area contributed by atoms with Crippen LogP contribution in [0.5, 0.6) is 5.88 Å². The van der Waals surface area contributed by atoms with Crippen molar-refractivity contribution in [3.8, 4) is 5.88 Å². The number of ether oxygens (including phenoxy) is 1. The van der Waals surface area contributed by atoms with Crippen molar-refractivity contribution in [3.05, 3.63) is 47.9 Å². The maximum absolute atomic E-state index is 13.4. The van der Waals surface area contributed by atoms with Crippen molar-refractivity contribution >= 4 is 5.95 Å². The molecule has 2 heterocycles. The highest BCUT2D eigenvalue weighted by Gasteiger charge is 2.22. The van der Waals surface area contributed by atoms with Crippen LogP contribution in [-0.2, 0) is 6.54 Å². The van der Waals surface area contributed by atoms with E-state index in [2.05, 4.69) is 50.5 Å². The Kier molecular flexibility index (Phi) is 6.17. The lowest BCUT2D eigenvalue weighted by Crippen LogP contribution is -2.40. The average Bonchev–Trinajstić information content (AvgIpc) is 2.65. The molecule has 2 aromatic rings. The molecule has 6 heteroatoms. The van der Waals surface area contributed by atoms with Crippen LogP contribution < -0.4 is 10.1 Å². The van der Waals surface area contributed by atoms with Crippen molar-refractivity contribution in [2.75, 3.05) is 25.5 Å². The number of methoxy groups -OCH3 is 1. The first-order valence-electron chi connectivity index (χ1n) is 8.84. The van der Waals surface area contributed by atoms with Gasteiger partial charge in [0.15, 0.2) is 0 Å². The Bertz CT molecular complexity index is 668. The standard InChI is InChI=1S/C19H25FN4O/c1-25-18-17(20)13-22-19(23-18)21-11-10-16-9-5-6-12-24(16)14-15-7-3-2-4-8-15/h2-4,7-8,13,16H,5-6,9-12,14H2,1H3,(H,21,22,23). The number of nitrogens with zero attached hydrogens (tertiary/aromatic N) is 3. The molecule has 1 fully saturated rings. The maximum Gasteiger partial charge on any atom is 0.255 e. The van der Waals surface area contributed by atoms with Crippen LogP contribution in [0.2, 0.25) is 0 Å². The Morgan fingerprint density at radius 2 is 2.12 bits per heavy atom. The van der Waals surface area contributed by atoms with Crippen molar-refractivity contribution in [1.29, 1.82) is 0 Å². The van der Waals surface area contributed by atoms with Crippen LogP contribution in [0.3, 0.4) is 0 Å². The predicted octanol–water partition coefficient (Wildman–Crippen LogP) is 3.48. The zero-order valence-corrected chi connectivity index (χ0v) is 14.6. The van der Waals surface area contributed by atoms with Gasteiger partial charge in [-0.1, -0.05) is 36.8 Å². The zero-order valence-electron chi connectivity index (χ0n) is 14.6. The second kappa shape index (κ2) is 8.76. The van der Waals surface area contributed by atoms with Crippen LogP contribution in [-0.4, -0.2) is 41.1 Å². The van der Waals surface area contributed by atoms with Crippen LogP contribution in [0.15, 0.2) is 36.5 Å². The van der Waals surface area contributed by atoms with Gasteiger partial charge >= 0.3 is 0 Å². The fraction of sp³-hybridized carbons (Fsp3) is 0.474. The van der Waals surface area contributed by atoms with Crippen LogP contribution in [0.4, 0.5) is 10.3 Å². The van der Waals surface area contributed by atoms with Gasteiger partial charge in [0, 0.05) is 19.1 Å². The lowest BCUT2D eigenvalue weighted by Gasteiger charge is -2.36. The molecule has 0 spiro atoms. The third kappa shape index (κ3) is 4.89. The summed E-state index contributed by atoms with van der Waals surface area (Å²) in [7, 11) is 1.40. The highest BCUT2D eigenvalue weighted by Crippen LogP contribution is 2.22. The van der Waals surface area contributed by atoms with E-state index in [-0.39, 0.29) is 5.88 Å². The van der Waals surface area contributed by atoms with Gasteiger partial charge in [-0.25, -0.2) is 4.98 Å². The first-order chi connectivity index (χ1) is 12.3. The number of hydrogen-bond donors (Lipinski definition) is 1. The van der Waals surface area contributed by atoms with Gasteiger partial charge in [-0.2, -0.15) is 9.37 Å². The molecule has 1 aromatic carbocycles. The normalized spacial score (nSPS) is 18.1. The Labute approximate surface area is 148 Å². The van der Waals surface area contributed by atoms with E-state index in [4.69, 9.17) is 4.74 Å². The van der Waals surface area contributed by atoms with Gasteiger partial charge in [0.2, 0.25) is 11.8 Å². The summed E-state index contributed by atoms with van der Waals surface area (Å²) >= 11 is 0. The van der Waals surface area contributed by atoms with E-state index in [1.54, 1.807) is 0 Å². The molecule has 0 bridgehead atoms. The summed E-state index contributed by atoms with van der Waals surface area (Å²) in [5, 5.41) is 3.18. The van der Waals surface area contributed by atoms with Crippen LogP contribution in [0.25, 0.3) is 0 Å². The molecule has 5 nitrogen and oxygen atoms in total. The first-order valence-corrected chi connectivity index (χ1v) is 8.84. The number of benzene rings is 1. The van der Waals surface area contributed by atoms with Crippen LogP contribution >= 0.6 is 0 Å². The van der Waals surface area contributed by atoms with Crippen LogP contribution in [0.1, 0.15) is 31.2 Å². The summed E-state index contributed by atoms with van der Waals surface area (Å²) < 4.78 is 18.2. The summed E-state index contributed by atoms with van der Waals surface area (Å²) in [6.45, 7) is 2.89. The molecule has 1 aliphatic heterocycles. The van der Waals surface area contributed by atoms with Gasteiger partial charge in [0.05, 0.1) is 13.3 Å². The monoisotopic (exact) mass is 344 g/mol. The second-order valence-corrected chi connectivity index (χ2v) is 6.37. The molecule has 3 rings (SSSR count). The minimum atomic E-state index is -0.547. The van der Waals surface area contributed by atoms with E-state index in [9.17, 15) is 4.39 Å². The molecule has 1 aromatic heterocycles. The second-order valence-electron chi connectivity index (χ2n) is 6.37. The summed E-state index contributed by atoms with van der Waals surface area (Å²) in [4.78, 5) is 10.6. The molecule has 0 aliphatic carbocycles. The molecule has 25 heavy (non-hydrogen) atoms. The molecule has 1 unspecified atom stereocenters. The summed E-state index contributed by atoms with van der Waals surface area (Å²) in [5.74, 6) is -0.168. The highest BCUT2D eigenvalue weighted by atomic mass is 19.1. The van der Waals surface area contributed by atoms with E-state index in [0.29, 0.717) is 12.0 Å². The SMILES string of the molecule is COc1nc(NCCC2CCCCN2Cc2ccccc2)ncc1F. The minimum Gasteiger partial charge on any atom is -0.479 e. The summed E-state index contributed by atoms with van der Waals surface area (Å²) in [5.41, 5.74) is 1.36. The fourth-order valence-electron chi connectivity index (χ4n) is 3.34. The molecule has 0 radical (unpaired) electrons. The number of nitrogens with one attached hydrogen (secondary N) is 1. The summed E-state index contributed by atoms with van der Waals surface area (Å²) in [6, 6.07) is 11.1. The maximum atomic E-state index is 13.4. The minimum absolute atomic E-state index is 0.0270.